The van der Waals surface area contributed by atoms with Crippen LogP contribution in [0.15, 0.2) is 48.5 Å². The highest BCUT2D eigenvalue weighted by Crippen LogP contribution is 2.49. The second-order valence-corrected chi connectivity index (χ2v) is 11.4. The smallest absolute Gasteiger partial charge is 0.166 e. The fourth-order valence-electron chi connectivity index (χ4n) is 4.04. The predicted molar refractivity (Wildman–Crippen MR) is 136 cm³/mol. The van der Waals surface area contributed by atoms with Crippen molar-refractivity contribution in [2.75, 3.05) is 31.5 Å². The van der Waals surface area contributed by atoms with Gasteiger partial charge < -0.3 is 13.9 Å². The van der Waals surface area contributed by atoms with Crippen LogP contribution in [0.4, 0.5) is 10.1 Å². The van der Waals surface area contributed by atoms with Gasteiger partial charge in [-0.25, -0.2) is 4.39 Å². The van der Waals surface area contributed by atoms with Gasteiger partial charge in [-0.15, -0.1) is 11.3 Å². The molecule has 1 aliphatic heterocycles. The lowest BCUT2D eigenvalue weighted by Gasteiger charge is -2.36. The molecule has 0 saturated carbocycles. The third-order valence-corrected chi connectivity index (χ3v) is 9.19. The number of benzene rings is 2. The van der Waals surface area contributed by atoms with Crippen molar-refractivity contribution in [2.24, 2.45) is 5.92 Å². The number of anilines is 1. The molecule has 2 aromatic carbocycles. The quantitative estimate of drug-likeness (QED) is 0.248. The number of aldehydes is 1. The molecule has 0 bridgehead atoms. The zero-order chi connectivity index (χ0) is 23.4. The summed E-state index contributed by atoms with van der Waals surface area (Å²) < 4.78 is 27.4. The van der Waals surface area contributed by atoms with Gasteiger partial charge >= 0.3 is 0 Å². The van der Waals surface area contributed by atoms with Crippen molar-refractivity contribution in [3.05, 3.63) is 69.8 Å². The van der Waals surface area contributed by atoms with Crippen LogP contribution in [-0.4, -0.2) is 33.2 Å². The summed E-state index contributed by atoms with van der Waals surface area (Å²) in [4.78, 5) is 13.7. The van der Waals surface area contributed by atoms with Crippen molar-refractivity contribution in [3.63, 3.8) is 0 Å². The molecular formula is C25H26ClFNO3PS. The Kier molecular flexibility index (Phi) is 8.15. The van der Waals surface area contributed by atoms with Crippen molar-refractivity contribution in [1.82, 2.24) is 0 Å². The third kappa shape index (κ3) is 5.64. The van der Waals surface area contributed by atoms with Crippen molar-refractivity contribution in [1.29, 1.82) is 0 Å². The van der Waals surface area contributed by atoms with E-state index < -0.39 is 8.30 Å². The average molecular weight is 506 g/mol. The van der Waals surface area contributed by atoms with Gasteiger partial charge in [0.2, 0.25) is 0 Å². The molecule has 8 heteroatoms. The Balaban J connectivity index is 1.78. The van der Waals surface area contributed by atoms with Crippen LogP contribution in [0.2, 0.25) is 5.02 Å². The summed E-state index contributed by atoms with van der Waals surface area (Å²) >= 11 is 7.63. The van der Waals surface area contributed by atoms with E-state index >= 15 is 0 Å². The van der Waals surface area contributed by atoms with Gasteiger partial charge in [0.25, 0.3) is 0 Å². The van der Waals surface area contributed by atoms with Crippen molar-refractivity contribution in [2.45, 2.75) is 19.8 Å². The van der Waals surface area contributed by atoms with Gasteiger partial charge in [0.15, 0.2) is 14.6 Å². The summed E-state index contributed by atoms with van der Waals surface area (Å²) in [6, 6.07) is 14.2. The summed E-state index contributed by atoms with van der Waals surface area (Å²) in [7, 11) is 0.501. The fourth-order valence-corrected chi connectivity index (χ4v) is 7.28. The minimum absolute atomic E-state index is 0.284. The topological polar surface area (TPSA) is 38.8 Å². The van der Waals surface area contributed by atoms with Gasteiger partial charge in [0.1, 0.15) is 5.82 Å². The Hall–Kier alpha value is -1.82. The lowest BCUT2D eigenvalue weighted by molar-refractivity contribution is 0.0690. The minimum Gasteiger partial charge on any atom is -0.381 e. The van der Waals surface area contributed by atoms with E-state index in [0.717, 1.165) is 65.9 Å². The second-order valence-electron chi connectivity index (χ2n) is 8.01. The van der Waals surface area contributed by atoms with E-state index in [-0.39, 0.29) is 5.82 Å². The Morgan fingerprint density at radius 3 is 2.58 bits per heavy atom. The number of nitrogens with zero attached hydrogens (tertiary/aromatic N) is 1. The fraction of sp³-hybridized carbons (Fsp3) is 0.320. The molecule has 1 unspecified atom stereocenters. The second kappa shape index (κ2) is 11.1. The van der Waals surface area contributed by atoms with E-state index in [1.807, 2.05) is 31.2 Å². The number of ether oxygens (including phenoxy) is 1. The number of carbonyl (C=O) groups is 1. The highest BCUT2D eigenvalue weighted by atomic mass is 35.5. The largest absolute Gasteiger partial charge is 0.381 e. The van der Waals surface area contributed by atoms with Gasteiger partial charge in [-0.2, -0.15) is 0 Å². The molecule has 3 aromatic rings. The zero-order valence-corrected chi connectivity index (χ0v) is 21.1. The third-order valence-electron chi connectivity index (χ3n) is 5.78. The first-order valence-corrected chi connectivity index (χ1v) is 13.2. The van der Waals surface area contributed by atoms with E-state index in [2.05, 4.69) is 4.67 Å². The van der Waals surface area contributed by atoms with Crippen LogP contribution in [0, 0.1) is 18.7 Å². The molecular weight excluding hydrogens is 480 g/mol. The van der Waals surface area contributed by atoms with Crippen LogP contribution in [0.5, 0.6) is 0 Å². The Bertz CT molecular complexity index is 1100. The predicted octanol–water partition coefficient (Wildman–Crippen LogP) is 6.85. The standard InChI is InChI=1S/C25H26ClFNO3PS/c1-17-13-20(26)5-8-23(17)32(30-2)28(15-18-9-11-31-12-10-18)22-14-24(33-25(22)16-29)19-3-6-21(27)7-4-19/h3-8,13-14,16,18H,9-12,15H2,1-2H3. The molecule has 1 aliphatic rings. The minimum atomic E-state index is -1.21. The van der Waals surface area contributed by atoms with E-state index in [4.69, 9.17) is 20.9 Å². The Labute approximate surface area is 204 Å². The first-order valence-electron chi connectivity index (χ1n) is 10.8. The van der Waals surface area contributed by atoms with E-state index in [0.29, 0.717) is 15.8 Å². The van der Waals surface area contributed by atoms with E-state index in [9.17, 15) is 9.18 Å². The number of aryl methyl sites for hydroxylation is 1. The van der Waals surface area contributed by atoms with Crippen LogP contribution in [0.1, 0.15) is 28.1 Å². The van der Waals surface area contributed by atoms with Crippen LogP contribution in [0.25, 0.3) is 10.4 Å². The van der Waals surface area contributed by atoms with Crippen molar-refractivity contribution >= 4 is 48.5 Å². The monoisotopic (exact) mass is 505 g/mol. The summed E-state index contributed by atoms with van der Waals surface area (Å²) in [5.41, 5.74) is 2.78. The molecule has 174 valence electrons. The molecule has 0 N–H and O–H groups in total. The lowest BCUT2D eigenvalue weighted by atomic mass is 10.0. The molecule has 1 aromatic heterocycles. The first kappa shape index (κ1) is 24.3. The molecule has 0 radical (unpaired) electrons. The molecule has 2 heterocycles. The number of halogens is 2. The van der Waals surface area contributed by atoms with E-state index in [1.165, 1.54) is 23.5 Å². The Morgan fingerprint density at radius 2 is 1.94 bits per heavy atom. The SMILES string of the molecule is COP(c1ccc(Cl)cc1C)N(CC1CCOCC1)c1cc(-c2ccc(F)cc2)sc1C=O. The molecule has 4 rings (SSSR count). The first-order chi connectivity index (χ1) is 16.0. The normalized spacial score (nSPS) is 15.4. The van der Waals surface area contributed by atoms with Gasteiger partial charge in [-0.05, 0) is 73.2 Å². The summed E-state index contributed by atoms with van der Waals surface area (Å²) in [5, 5.41) is 1.75. The number of rotatable bonds is 8. The van der Waals surface area contributed by atoms with Crippen LogP contribution >= 0.6 is 31.2 Å². The molecule has 0 aliphatic carbocycles. The van der Waals surface area contributed by atoms with Gasteiger partial charge in [-0.3, -0.25) is 4.79 Å². The summed E-state index contributed by atoms with van der Waals surface area (Å²) in [6.07, 6.45) is 2.84. The number of carbonyl (C=O) groups excluding carboxylic acids is 1. The van der Waals surface area contributed by atoms with Gasteiger partial charge in [0.05, 0.1) is 10.6 Å². The maximum Gasteiger partial charge on any atom is 0.166 e. The highest BCUT2D eigenvalue weighted by molar-refractivity contribution is 7.62. The zero-order valence-electron chi connectivity index (χ0n) is 18.6. The van der Waals surface area contributed by atoms with Crippen molar-refractivity contribution in [3.8, 4) is 10.4 Å². The molecule has 0 amide bonds. The number of hydrogen-bond donors (Lipinski definition) is 0. The maximum absolute atomic E-state index is 13.5. The molecule has 33 heavy (non-hydrogen) atoms. The van der Waals surface area contributed by atoms with E-state index in [1.54, 1.807) is 19.2 Å². The number of thiophene rings is 1. The molecule has 4 nitrogen and oxygen atoms in total. The van der Waals surface area contributed by atoms with Gasteiger partial charge in [0, 0.05) is 42.1 Å². The van der Waals surface area contributed by atoms with Crippen LogP contribution in [0.3, 0.4) is 0 Å². The molecule has 1 atom stereocenters. The van der Waals surface area contributed by atoms with Crippen LogP contribution in [-0.2, 0) is 9.26 Å². The number of hydrogen-bond acceptors (Lipinski definition) is 5. The Morgan fingerprint density at radius 1 is 1.21 bits per heavy atom. The molecule has 1 saturated heterocycles. The maximum atomic E-state index is 13.5. The summed E-state index contributed by atoms with van der Waals surface area (Å²) in [5.74, 6) is 0.147. The van der Waals surface area contributed by atoms with Gasteiger partial charge in [-0.1, -0.05) is 23.7 Å². The van der Waals surface area contributed by atoms with Crippen LogP contribution < -0.4 is 9.97 Å². The highest BCUT2D eigenvalue weighted by Gasteiger charge is 2.30. The molecule has 0 spiro atoms. The summed E-state index contributed by atoms with van der Waals surface area (Å²) in [6.45, 7) is 4.27. The average Bonchev–Trinajstić information content (AvgIpc) is 3.25. The lowest BCUT2D eigenvalue weighted by Crippen LogP contribution is -2.32. The van der Waals surface area contributed by atoms with Crippen molar-refractivity contribution < 1.29 is 18.4 Å². The molecule has 1 fully saturated rings.